The summed E-state index contributed by atoms with van der Waals surface area (Å²) in [6.45, 7) is 4.74. The zero-order valence-corrected chi connectivity index (χ0v) is 20.5. The number of rotatable bonds is 2. The van der Waals surface area contributed by atoms with Gasteiger partial charge in [0.1, 0.15) is 0 Å². The van der Waals surface area contributed by atoms with Gasteiger partial charge in [0.05, 0.1) is 0 Å². The fraction of sp³-hybridized carbons (Fsp3) is 0.261. The SMILES string of the molecule is CC1(C)c2cc(-c3[c-]cccc3)ncc2-c2ccc[c]([Ge]([CH3])([CH3])[CH3])c21.[Ir]. The standard InChI is InChI=1S/C23H24GeN.Ir/c1-23(2)19-14-21(16-10-7-6-8-11-16)25-15-18(19)17-12-9-13-20(22(17)23)24(3,4)5;/h6-10,12-15H,1-5H3;/q-1;. The number of hydrogen-bond acceptors (Lipinski definition) is 1. The van der Waals surface area contributed by atoms with Crippen molar-refractivity contribution in [1.29, 1.82) is 0 Å². The smallest absolute Gasteiger partial charge is 0 e. The van der Waals surface area contributed by atoms with Crippen molar-refractivity contribution in [2.75, 3.05) is 0 Å². The molecule has 4 rings (SSSR count). The van der Waals surface area contributed by atoms with Crippen molar-refractivity contribution in [2.24, 2.45) is 0 Å². The van der Waals surface area contributed by atoms with Crippen molar-refractivity contribution < 1.29 is 20.1 Å². The molecule has 0 amide bonds. The first-order valence-corrected chi connectivity index (χ1v) is 16.3. The van der Waals surface area contributed by atoms with Crippen molar-refractivity contribution in [1.82, 2.24) is 4.98 Å². The molecule has 0 fully saturated rings. The second kappa shape index (κ2) is 6.74. The Labute approximate surface area is 173 Å². The van der Waals surface area contributed by atoms with Crippen LogP contribution in [0.15, 0.2) is 54.7 Å². The van der Waals surface area contributed by atoms with E-state index in [9.17, 15) is 0 Å². The number of hydrogen-bond donors (Lipinski definition) is 0. The Hall–Kier alpha value is -1.22. The van der Waals surface area contributed by atoms with E-state index in [-0.39, 0.29) is 25.5 Å². The van der Waals surface area contributed by atoms with Crippen LogP contribution in [0.4, 0.5) is 0 Å². The first-order valence-electron chi connectivity index (χ1n) is 8.92. The van der Waals surface area contributed by atoms with Crippen molar-refractivity contribution in [2.45, 2.75) is 36.5 Å². The van der Waals surface area contributed by atoms with Crippen LogP contribution in [0.3, 0.4) is 0 Å². The minimum Gasteiger partial charge on any atom is 0 e. The summed E-state index contributed by atoms with van der Waals surface area (Å²) in [5.41, 5.74) is 7.70. The van der Waals surface area contributed by atoms with Crippen LogP contribution in [-0.2, 0) is 25.5 Å². The summed E-state index contributed by atoms with van der Waals surface area (Å²) in [6.07, 6.45) is 2.07. The Kier molecular flexibility index (Phi) is 5.07. The zero-order valence-electron chi connectivity index (χ0n) is 16.0. The molecule has 0 saturated heterocycles. The van der Waals surface area contributed by atoms with Crippen molar-refractivity contribution >= 4 is 17.7 Å². The van der Waals surface area contributed by atoms with Crippen LogP contribution in [0.1, 0.15) is 25.0 Å². The third-order valence-corrected chi connectivity index (χ3v) is 9.61. The van der Waals surface area contributed by atoms with E-state index in [1.54, 1.807) is 4.40 Å². The van der Waals surface area contributed by atoms with Crippen LogP contribution >= 0.6 is 0 Å². The molecule has 135 valence electrons. The molecule has 1 aromatic heterocycles. The Balaban J connectivity index is 0.00000196. The van der Waals surface area contributed by atoms with Crippen LogP contribution in [0.5, 0.6) is 0 Å². The van der Waals surface area contributed by atoms with E-state index < -0.39 is 13.3 Å². The first kappa shape index (κ1) is 19.5. The van der Waals surface area contributed by atoms with Gasteiger partial charge in [0, 0.05) is 20.1 Å². The maximum atomic E-state index is 4.76. The molecule has 0 saturated carbocycles. The predicted octanol–water partition coefficient (Wildman–Crippen LogP) is 5.40. The Morgan fingerprint density at radius 2 is 1.73 bits per heavy atom. The third-order valence-electron chi connectivity index (χ3n) is 5.35. The molecule has 2 aromatic carbocycles. The normalized spacial score (nSPS) is 14.3. The van der Waals surface area contributed by atoms with Crippen LogP contribution in [0, 0.1) is 6.07 Å². The predicted molar refractivity (Wildman–Crippen MR) is 109 cm³/mol. The quantitative estimate of drug-likeness (QED) is 0.293. The van der Waals surface area contributed by atoms with Crippen molar-refractivity contribution in [3.63, 3.8) is 0 Å². The van der Waals surface area contributed by atoms with Gasteiger partial charge in [-0.15, -0.1) is 0 Å². The summed E-state index contributed by atoms with van der Waals surface area (Å²) in [4.78, 5) is 4.76. The maximum absolute atomic E-state index is 4.76. The van der Waals surface area contributed by atoms with E-state index in [1.807, 2.05) is 18.2 Å². The molecule has 1 aliphatic rings. The summed E-state index contributed by atoms with van der Waals surface area (Å²) >= 11 is -1.96. The minimum atomic E-state index is -1.96. The molecular weight excluding hydrogens is 555 g/mol. The van der Waals surface area contributed by atoms with Gasteiger partial charge in [-0.3, -0.25) is 0 Å². The fourth-order valence-corrected chi connectivity index (χ4v) is 7.86. The van der Waals surface area contributed by atoms with E-state index in [2.05, 4.69) is 73.7 Å². The third kappa shape index (κ3) is 3.02. The molecular formula is C23H24GeIrN-. The zero-order chi connectivity index (χ0) is 17.8. The molecule has 0 atom stereocenters. The molecule has 0 unspecified atom stereocenters. The summed E-state index contributed by atoms with van der Waals surface area (Å²) in [5, 5.41) is 0. The Bertz CT molecular complexity index is 956. The molecule has 0 bridgehead atoms. The number of benzene rings is 2. The Morgan fingerprint density at radius 1 is 0.962 bits per heavy atom. The van der Waals surface area contributed by atoms with Crippen LogP contribution in [0.2, 0.25) is 17.3 Å². The minimum absolute atomic E-state index is 0. The van der Waals surface area contributed by atoms with Gasteiger partial charge in [0.25, 0.3) is 0 Å². The molecule has 0 N–H and O–H groups in total. The number of nitrogens with zero attached hydrogens (tertiary/aromatic N) is 1. The van der Waals surface area contributed by atoms with Crippen molar-refractivity contribution in [3.05, 3.63) is 71.9 Å². The van der Waals surface area contributed by atoms with E-state index >= 15 is 0 Å². The first-order chi connectivity index (χ1) is 11.8. The average Bonchev–Trinajstić information content (AvgIpc) is 2.82. The van der Waals surface area contributed by atoms with E-state index in [0.29, 0.717) is 0 Å². The molecule has 1 nitrogen and oxygen atoms in total. The summed E-state index contributed by atoms with van der Waals surface area (Å²) < 4.78 is 1.62. The van der Waals surface area contributed by atoms with Crippen LogP contribution in [-0.4, -0.2) is 18.3 Å². The molecule has 3 heteroatoms. The second-order valence-electron chi connectivity index (χ2n) is 8.49. The summed E-state index contributed by atoms with van der Waals surface area (Å²) in [7, 11) is 0. The molecule has 1 aliphatic carbocycles. The largest absolute Gasteiger partial charge is 0 e. The summed E-state index contributed by atoms with van der Waals surface area (Å²) in [6, 6.07) is 20.5. The summed E-state index contributed by atoms with van der Waals surface area (Å²) in [5.74, 6) is 7.45. The van der Waals surface area contributed by atoms with Gasteiger partial charge >= 0.3 is 153 Å². The van der Waals surface area contributed by atoms with Gasteiger partial charge in [-0.2, -0.15) is 0 Å². The van der Waals surface area contributed by atoms with Crippen molar-refractivity contribution in [3.8, 4) is 22.4 Å². The number of aromatic nitrogens is 1. The molecule has 0 aliphatic heterocycles. The average molecular weight is 579 g/mol. The fourth-order valence-electron chi connectivity index (χ4n) is 4.10. The van der Waals surface area contributed by atoms with Crippen LogP contribution in [0.25, 0.3) is 22.4 Å². The van der Waals surface area contributed by atoms with Crippen LogP contribution < -0.4 is 4.40 Å². The topological polar surface area (TPSA) is 12.9 Å². The van der Waals surface area contributed by atoms with Gasteiger partial charge in [-0.25, -0.2) is 0 Å². The number of fused-ring (bicyclic) bond motifs is 3. The Morgan fingerprint density at radius 3 is 2.38 bits per heavy atom. The monoisotopic (exact) mass is 581 g/mol. The van der Waals surface area contributed by atoms with E-state index in [0.717, 1.165) is 11.3 Å². The van der Waals surface area contributed by atoms with Gasteiger partial charge in [0.2, 0.25) is 0 Å². The van der Waals surface area contributed by atoms with E-state index in [4.69, 9.17) is 4.98 Å². The van der Waals surface area contributed by atoms with Gasteiger partial charge in [-0.05, 0) is 0 Å². The molecule has 1 heterocycles. The maximum Gasteiger partial charge on any atom is 0 e. The molecule has 3 aromatic rings. The van der Waals surface area contributed by atoms with Gasteiger partial charge in [-0.1, -0.05) is 0 Å². The van der Waals surface area contributed by atoms with Gasteiger partial charge < -0.3 is 0 Å². The van der Waals surface area contributed by atoms with E-state index in [1.165, 1.54) is 22.3 Å². The van der Waals surface area contributed by atoms with Gasteiger partial charge in [0.15, 0.2) is 0 Å². The molecule has 1 radical (unpaired) electrons. The molecule has 0 spiro atoms. The molecule has 26 heavy (non-hydrogen) atoms. The second-order valence-corrected chi connectivity index (χ2v) is 19.1. The number of pyridine rings is 1.